The number of hydrogen-bond acceptors (Lipinski definition) is 8. The van der Waals surface area contributed by atoms with Crippen molar-refractivity contribution in [1.29, 1.82) is 0 Å². The number of phenolic OH excluding ortho intramolecular Hbond substituents is 1. The standard InChI is InChI=1S/C19H20O8/c1-23-13-6-10(4-5-12(13)21)17-16(9-20)27-18-14(24-2)7-11(19(22)25-3)8-15(18)26-17/h4-8,16-17,20-21H,9H2,1-3H3/t16-,17-/m1/s1. The minimum absolute atomic E-state index is 0.0198. The molecular formula is C19H20O8. The molecule has 0 aromatic heterocycles. The fourth-order valence-corrected chi connectivity index (χ4v) is 2.88. The van der Waals surface area contributed by atoms with Crippen LogP contribution in [-0.2, 0) is 4.74 Å². The van der Waals surface area contributed by atoms with Crippen LogP contribution in [0.2, 0.25) is 0 Å². The van der Waals surface area contributed by atoms with Gasteiger partial charge in [-0.2, -0.15) is 0 Å². The van der Waals surface area contributed by atoms with Gasteiger partial charge in [-0.3, -0.25) is 0 Å². The lowest BCUT2D eigenvalue weighted by Crippen LogP contribution is -2.36. The number of carbonyl (C=O) groups is 1. The zero-order valence-corrected chi connectivity index (χ0v) is 15.1. The first kappa shape index (κ1) is 18.7. The summed E-state index contributed by atoms with van der Waals surface area (Å²) in [6, 6.07) is 7.67. The van der Waals surface area contributed by atoms with Crippen molar-refractivity contribution in [3.05, 3.63) is 41.5 Å². The normalized spacial score (nSPS) is 17.9. The monoisotopic (exact) mass is 376 g/mol. The highest BCUT2D eigenvalue weighted by Gasteiger charge is 2.35. The number of esters is 1. The number of methoxy groups -OCH3 is 3. The number of hydrogen-bond donors (Lipinski definition) is 2. The van der Waals surface area contributed by atoms with Gasteiger partial charge in [0.25, 0.3) is 0 Å². The molecule has 3 rings (SSSR count). The average molecular weight is 376 g/mol. The van der Waals surface area contributed by atoms with E-state index in [2.05, 4.69) is 0 Å². The molecule has 0 amide bonds. The van der Waals surface area contributed by atoms with Crippen LogP contribution in [0.3, 0.4) is 0 Å². The molecule has 0 saturated carbocycles. The Labute approximate surface area is 155 Å². The Hall–Kier alpha value is -3.13. The van der Waals surface area contributed by atoms with Gasteiger partial charge in [-0.1, -0.05) is 6.07 Å². The van der Waals surface area contributed by atoms with Crippen LogP contribution in [0.25, 0.3) is 0 Å². The second-order valence-corrected chi connectivity index (χ2v) is 5.81. The van der Waals surface area contributed by atoms with Gasteiger partial charge in [0.15, 0.2) is 35.2 Å². The summed E-state index contributed by atoms with van der Waals surface area (Å²) < 4.78 is 27.1. The van der Waals surface area contributed by atoms with Crippen LogP contribution in [0, 0.1) is 0 Å². The second kappa shape index (κ2) is 7.63. The van der Waals surface area contributed by atoms with Crippen LogP contribution in [0.4, 0.5) is 0 Å². The van der Waals surface area contributed by atoms with Gasteiger partial charge in [-0.15, -0.1) is 0 Å². The van der Waals surface area contributed by atoms with Gasteiger partial charge in [-0.05, 0) is 24.3 Å². The van der Waals surface area contributed by atoms with Crippen LogP contribution < -0.4 is 18.9 Å². The number of aliphatic hydroxyl groups is 1. The van der Waals surface area contributed by atoms with Gasteiger partial charge in [0, 0.05) is 5.56 Å². The third-order valence-electron chi connectivity index (χ3n) is 4.23. The summed E-state index contributed by atoms with van der Waals surface area (Å²) in [6.45, 7) is -0.324. The Morgan fingerprint density at radius 2 is 1.81 bits per heavy atom. The minimum Gasteiger partial charge on any atom is -0.504 e. The van der Waals surface area contributed by atoms with E-state index >= 15 is 0 Å². The molecule has 0 saturated heterocycles. The number of aliphatic hydroxyl groups excluding tert-OH is 1. The van der Waals surface area contributed by atoms with E-state index < -0.39 is 18.2 Å². The first-order chi connectivity index (χ1) is 13.0. The van der Waals surface area contributed by atoms with E-state index in [4.69, 9.17) is 23.7 Å². The molecule has 0 radical (unpaired) electrons. The lowest BCUT2D eigenvalue weighted by Gasteiger charge is -2.34. The van der Waals surface area contributed by atoms with Crippen molar-refractivity contribution in [2.24, 2.45) is 0 Å². The lowest BCUT2D eigenvalue weighted by molar-refractivity contribution is -0.0143. The fourth-order valence-electron chi connectivity index (χ4n) is 2.88. The minimum atomic E-state index is -0.732. The Balaban J connectivity index is 2.05. The van der Waals surface area contributed by atoms with Crippen molar-refractivity contribution in [3.63, 3.8) is 0 Å². The van der Waals surface area contributed by atoms with E-state index in [0.29, 0.717) is 5.56 Å². The number of benzene rings is 2. The van der Waals surface area contributed by atoms with E-state index in [9.17, 15) is 15.0 Å². The number of carbonyl (C=O) groups excluding carboxylic acids is 1. The number of aromatic hydroxyl groups is 1. The molecule has 1 aliphatic rings. The number of rotatable bonds is 5. The van der Waals surface area contributed by atoms with Crippen LogP contribution in [-0.4, -0.2) is 50.2 Å². The summed E-state index contributed by atoms with van der Waals surface area (Å²) in [5.41, 5.74) is 0.859. The lowest BCUT2D eigenvalue weighted by atomic mass is 10.0. The molecule has 1 aliphatic heterocycles. The van der Waals surface area contributed by atoms with Gasteiger partial charge in [-0.25, -0.2) is 4.79 Å². The zero-order valence-electron chi connectivity index (χ0n) is 15.1. The van der Waals surface area contributed by atoms with Crippen LogP contribution in [0.5, 0.6) is 28.7 Å². The molecule has 2 atom stereocenters. The predicted octanol–water partition coefficient (Wildman–Crippen LogP) is 2.07. The van der Waals surface area contributed by atoms with Crippen LogP contribution >= 0.6 is 0 Å². The van der Waals surface area contributed by atoms with Gasteiger partial charge < -0.3 is 33.9 Å². The summed E-state index contributed by atoms with van der Waals surface area (Å²) in [4.78, 5) is 11.9. The molecule has 8 nitrogen and oxygen atoms in total. The van der Waals surface area contributed by atoms with E-state index in [0.717, 1.165) is 0 Å². The Morgan fingerprint density at radius 1 is 1.07 bits per heavy atom. The summed E-state index contributed by atoms with van der Waals surface area (Å²) >= 11 is 0. The SMILES string of the molecule is COC(=O)c1cc(OC)c2c(c1)O[C@H](c1ccc(O)c(OC)c1)[C@@H](CO)O2. The van der Waals surface area contributed by atoms with Crippen molar-refractivity contribution >= 4 is 5.97 Å². The highest BCUT2D eigenvalue weighted by Crippen LogP contribution is 2.46. The molecule has 0 fully saturated rings. The van der Waals surface area contributed by atoms with Crippen molar-refractivity contribution in [2.75, 3.05) is 27.9 Å². The molecule has 2 aromatic rings. The van der Waals surface area contributed by atoms with Gasteiger partial charge >= 0.3 is 5.97 Å². The highest BCUT2D eigenvalue weighted by atomic mass is 16.6. The summed E-state index contributed by atoms with van der Waals surface area (Å²) in [7, 11) is 4.15. The molecule has 8 heteroatoms. The van der Waals surface area contributed by atoms with E-state index in [1.165, 1.54) is 39.5 Å². The average Bonchev–Trinajstić information content (AvgIpc) is 2.71. The van der Waals surface area contributed by atoms with Gasteiger partial charge in [0.05, 0.1) is 33.5 Å². The summed E-state index contributed by atoms with van der Waals surface area (Å²) in [5.74, 6) is 0.538. The zero-order chi connectivity index (χ0) is 19.6. The molecule has 2 N–H and O–H groups in total. The van der Waals surface area contributed by atoms with Gasteiger partial charge in [0.2, 0.25) is 5.75 Å². The maximum Gasteiger partial charge on any atom is 0.338 e. The van der Waals surface area contributed by atoms with E-state index in [1.807, 2.05) is 0 Å². The summed E-state index contributed by atoms with van der Waals surface area (Å²) in [6.07, 6.45) is -1.43. The van der Waals surface area contributed by atoms with E-state index in [-0.39, 0.29) is 40.9 Å². The van der Waals surface area contributed by atoms with Crippen molar-refractivity contribution in [1.82, 2.24) is 0 Å². The molecule has 0 unspecified atom stereocenters. The Morgan fingerprint density at radius 3 is 2.44 bits per heavy atom. The molecular weight excluding hydrogens is 356 g/mol. The van der Waals surface area contributed by atoms with Crippen LogP contribution in [0.15, 0.2) is 30.3 Å². The van der Waals surface area contributed by atoms with Crippen LogP contribution in [0.1, 0.15) is 22.0 Å². The predicted molar refractivity (Wildman–Crippen MR) is 93.9 cm³/mol. The third-order valence-corrected chi connectivity index (χ3v) is 4.23. The van der Waals surface area contributed by atoms with Gasteiger partial charge in [0.1, 0.15) is 0 Å². The van der Waals surface area contributed by atoms with Crippen molar-refractivity contribution in [2.45, 2.75) is 12.2 Å². The fraction of sp³-hybridized carbons (Fsp3) is 0.316. The number of phenols is 1. The first-order valence-corrected chi connectivity index (χ1v) is 8.13. The molecule has 0 bridgehead atoms. The molecule has 1 heterocycles. The smallest absolute Gasteiger partial charge is 0.338 e. The number of fused-ring (bicyclic) bond motifs is 1. The highest BCUT2D eigenvalue weighted by molar-refractivity contribution is 5.91. The molecule has 2 aromatic carbocycles. The third kappa shape index (κ3) is 3.43. The second-order valence-electron chi connectivity index (χ2n) is 5.81. The molecule has 27 heavy (non-hydrogen) atoms. The molecule has 144 valence electrons. The topological polar surface area (TPSA) is 104 Å². The Kier molecular flexibility index (Phi) is 5.27. The van der Waals surface area contributed by atoms with Crippen molar-refractivity contribution in [3.8, 4) is 28.7 Å². The number of ether oxygens (including phenoxy) is 5. The maximum atomic E-state index is 11.9. The first-order valence-electron chi connectivity index (χ1n) is 8.13. The van der Waals surface area contributed by atoms with E-state index in [1.54, 1.807) is 12.1 Å². The Bertz CT molecular complexity index is 848. The molecule has 0 spiro atoms. The largest absolute Gasteiger partial charge is 0.504 e. The maximum absolute atomic E-state index is 11.9. The molecule has 0 aliphatic carbocycles. The summed E-state index contributed by atoms with van der Waals surface area (Å²) in [5, 5.41) is 19.6. The van der Waals surface area contributed by atoms with Crippen molar-refractivity contribution < 1.29 is 38.7 Å². The quantitative estimate of drug-likeness (QED) is 0.765.